The van der Waals surface area contributed by atoms with Gasteiger partial charge in [-0.05, 0) is 73.4 Å². The van der Waals surface area contributed by atoms with E-state index in [0.717, 1.165) is 12.8 Å². The summed E-state index contributed by atoms with van der Waals surface area (Å²) in [5.74, 6) is 1.69. The van der Waals surface area contributed by atoms with Gasteiger partial charge in [0.25, 0.3) is 11.8 Å². The van der Waals surface area contributed by atoms with E-state index in [1.807, 2.05) is 4.90 Å². The Bertz CT molecular complexity index is 1310. The van der Waals surface area contributed by atoms with Crippen LogP contribution in [0.2, 0.25) is 5.02 Å². The average Bonchev–Trinajstić information content (AvgIpc) is 3.38. The van der Waals surface area contributed by atoms with Gasteiger partial charge in [0.05, 0.1) is 12.2 Å². The van der Waals surface area contributed by atoms with Crippen LogP contribution >= 0.6 is 11.6 Å². The molecule has 2 aliphatic rings. The molecule has 0 N–H and O–H groups in total. The summed E-state index contributed by atoms with van der Waals surface area (Å²) in [7, 11) is 0. The number of rotatable bonds is 7. The highest BCUT2D eigenvalue weighted by Crippen LogP contribution is 2.34. The van der Waals surface area contributed by atoms with Gasteiger partial charge in [-0.3, -0.25) is 19.3 Å². The number of halogens is 1. The lowest BCUT2D eigenvalue weighted by Gasteiger charge is -2.30. The molecule has 2 aromatic carbocycles. The number of hydrogen-bond donors (Lipinski definition) is 0. The topological polar surface area (TPSA) is 89.3 Å². The van der Waals surface area contributed by atoms with Gasteiger partial charge in [0.2, 0.25) is 0 Å². The molecule has 3 heterocycles. The molecular formula is C28H27ClN2O6. The second kappa shape index (κ2) is 10.7. The number of ether oxygens (including phenoxy) is 2. The summed E-state index contributed by atoms with van der Waals surface area (Å²) in [6.07, 6.45) is 1.95. The van der Waals surface area contributed by atoms with Crippen molar-refractivity contribution in [3.8, 4) is 11.5 Å². The number of piperidine rings is 1. The molecular weight excluding hydrogens is 496 g/mol. The van der Waals surface area contributed by atoms with Crippen molar-refractivity contribution in [2.45, 2.75) is 26.3 Å². The molecule has 192 valence electrons. The molecule has 5 rings (SSSR count). The van der Waals surface area contributed by atoms with E-state index in [1.165, 1.54) is 4.90 Å². The van der Waals surface area contributed by atoms with E-state index in [-0.39, 0.29) is 43.1 Å². The Morgan fingerprint density at radius 3 is 2.57 bits per heavy atom. The van der Waals surface area contributed by atoms with Gasteiger partial charge in [-0.2, -0.15) is 0 Å². The molecule has 3 aromatic rings. The van der Waals surface area contributed by atoms with Gasteiger partial charge in [0.1, 0.15) is 17.3 Å². The third-order valence-corrected chi connectivity index (χ3v) is 6.92. The van der Waals surface area contributed by atoms with Crippen LogP contribution in [0.15, 0.2) is 59.0 Å². The molecule has 8 nitrogen and oxygen atoms in total. The highest BCUT2D eigenvalue weighted by molar-refractivity contribution is 6.30. The maximum absolute atomic E-state index is 12.9. The van der Waals surface area contributed by atoms with E-state index < -0.39 is 0 Å². The van der Waals surface area contributed by atoms with Crippen molar-refractivity contribution in [1.29, 1.82) is 0 Å². The van der Waals surface area contributed by atoms with Gasteiger partial charge in [-0.25, -0.2) is 0 Å². The van der Waals surface area contributed by atoms with E-state index >= 15 is 0 Å². The Morgan fingerprint density at radius 2 is 1.81 bits per heavy atom. The van der Waals surface area contributed by atoms with Crippen LogP contribution in [0.3, 0.4) is 0 Å². The molecule has 0 atom stereocenters. The van der Waals surface area contributed by atoms with Gasteiger partial charge in [-0.1, -0.05) is 18.5 Å². The number of ketones is 1. The van der Waals surface area contributed by atoms with E-state index in [0.29, 0.717) is 52.5 Å². The normalized spacial score (nSPS) is 15.8. The summed E-state index contributed by atoms with van der Waals surface area (Å²) < 4.78 is 17.0. The summed E-state index contributed by atoms with van der Waals surface area (Å²) in [4.78, 5) is 41.7. The van der Waals surface area contributed by atoms with Crippen molar-refractivity contribution in [3.05, 3.63) is 76.7 Å². The van der Waals surface area contributed by atoms with Gasteiger partial charge < -0.3 is 18.8 Å². The summed E-state index contributed by atoms with van der Waals surface area (Å²) >= 11 is 5.89. The van der Waals surface area contributed by atoms with Crippen molar-refractivity contribution in [2.24, 2.45) is 5.92 Å². The Kier molecular flexibility index (Phi) is 7.19. The summed E-state index contributed by atoms with van der Waals surface area (Å²) in [6.45, 7) is 3.43. The first-order valence-corrected chi connectivity index (χ1v) is 12.6. The number of likely N-dealkylation sites (tertiary alicyclic amines) is 1. The fourth-order valence-corrected chi connectivity index (χ4v) is 4.54. The molecule has 0 unspecified atom stereocenters. The molecule has 0 spiro atoms. The SMILES string of the molecule is CC1CCN(C(=O)c2ccc(CN3C(=O)COc4ccc(C(=O)COc5ccc(Cl)cc5)cc43)o2)CC1. The predicted octanol–water partition coefficient (Wildman–Crippen LogP) is 4.99. The number of carbonyl (C=O) groups is 3. The highest BCUT2D eigenvalue weighted by Gasteiger charge is 2.29. The van der Waals surface area contributed by atoms with E-state index in [2.05, 4.69) is 6.92 Å². The number of hydrogen-bond acceptors (Lipinski definition) is 6. The van der Waals surface area contributed by atoms with Crippen LogP contribution in [-0.4, -0.2) is 48.8 Å². The third-order valence-electron chi connectivity index (χ3n) is 6.66. The van der Waals surface area contributed by atoms with Crippen LogP contribution in [0.25, 0.3) is 0 Å². The average molecular weight is 523 g/mol. The number of anilines is 1. The predicted molar refractivity (Wildman–Crippen MR) is 137 cm³/mol. The second-order valence-electron chi connectivity index (χ2n) is 9.36. The van der Waals surface area contributed by atoms with Crippen molar-refractivity contribution in [3.63, 3.8) is 0 Å². The molecule has 37 heavy (non-hydrogen) atoms. The quantitative estimate of drug-likeness (QED) is 0.406. The largest absolute Gasteiger partial charge is 0.485 e. The first-order valence-electron chi connectivity index (χ1n) is 12.2. The molecule has 9 heteroatoms. The lowest BCUT2D eigenvalue weighted by atomic mass is 9.99. The Hall–Kier alpha value is -3.78. The number of Topliss-reactive ketones (excluding diaryl/α,β-unsaturated/α-hetero) is 1. The third kappa shape index (κ3) is 5.64. The lowest BCUT2D eigenvalue weighted by molar-refractivity contribution is -0.121. The molecule has 1 aromatic heterocycles. The van der Waals surface area contributed by atoms with Crippen molar-refractivity contribution in [2.75, 3.05) is 31.2 Å². The summed E-state index contributed by atoms with van der Waals surface area (Å²) in [5.41, 5.74) is 0.841. The van der Waals surface area contributed by atoms with Gasteiger partial charge in [0.15, 0.2) is 24.8 Å². The number of amides is 2. The van der Waals surface area contributed by atoms with Crippen LogP contribution < -0.4 is 14.4 Å². The standard InChI is InChI=1S/C28H27ClN2O6/c1-18-10-12-30(13-11-18)28(34)26-9-7-22(37-26)15-31-23-14-19(2-8-25(23)36-17-27(31)33)24(32)16-35-21-5-3-20(29)4-6-21/h2-9,14,18H,10-13,15-17H2,1H3. The molecule has 1 fully saturated rings. The number of furan rings is 1. The van der Waals surface area contributed by atoms with Crippen molar-refractivity contribution in [1.82, 2.24) is 4.90 Å². The highest BCUT2D eigenvalue weighted by atomic mass is 35.5. The number of benzene rings is 2. The minimum atomic E-state index is -0.274. The van der Waals surface area contributed by atoms with Crippen LogP contribution in [0.5, 0.6) is 11.5 Å². The molecule has 0 aliphatic carbocycles. The van der Waals surface area contributed by atoms with Gasteiger partial charge in [0, 0.05) is 23.7 Å². The van der Waals surface area contributed by atoms with Crippen LogP contribution in [0.1, 0.15) is 46.4 Å². The molecule has 0 radical (unpaired) electrons. The van der Waals surface area contributed by atoms with Crippen LogP contribution in [0.4, 0.5) is 5.69 Å². The Balaban J connectivity index is 1.29. The maximum Gasteiger partial charge on any atom is 0.289 e. The molecule has 0 bridgehead atoms. The van der Waals surface area contributed by atoms with E-state index in [1.54, 1.807) is 54.6 Å². The minimum absolute atomic E-state index is 0.110. The number of nitrogens with zero attached hydrogens (tertiary/aromatic N) is 2. The zero-order chi connectivity index (χ0) is 25.9. The second-order valence-corrected chi connectivity index (χ2v) is 9.79. The number of carbonyl (C=O) groups excluding carboxylic acids is 3. The molecule has 0 saturated carbocycles. The van der Waals surface area contributed by atoms with E-state index in [9.17, 15) is 14.4 Å². The summed E-state index contributed by atoms with van der Waals surface area (Å²) in [6, 6.07) is 15.0. The van der Waals surface area contributed by atoms with Crippen molar-refractivity contribution < 1.29 is 28.3 Å². The van der Waals surface area contributed by atoms with Gasteiger partial charge >= 0.3 is 0 Å². The first kappa shape index (κ1) is 24.9. The molecule has 1 saturated heterocycles. The smallest absolute Gasteiger partial charge is 0.289 e. The van der Waals surface area contributed by atoms with Gasteiger partial charge in [-0.15, -0.1) is 0 Å². The van der Waals surface area contributed by atoms with Crippen LogP contribution in [-0.2, 0) is 11.3 Å². The first-order chi connectivity index (χ1) is 17.9. The molecule has 2 aliphatic heterocycles. The monoisotopic (exact) mass is 522 g/mol. The zero-order valence-corrected chi connectivity index (χ0v) is 21.2. The summed E-state index contributed by atoms with van der Waals surface area (Å²) in [5, 5.41) is 0.576. The fourth-order valence-electron chi connectivity index (χ4n) is 4.41. The maximum atomic E-state index is 12.9. The number of fused-ring (bicyclic) bond motifs is 1. The van der Waals surface area contributed by atoms with Crippen LogP contribution in [0, 0.1) is 5.92 Å². The minimum Gasteiger partial charge on any atom is -0.485 e. The van der Waals surface area contributed by atoms with Crippen molar-refractivity contribution >= 4 is 34.9 Å². The Morgan fingerprint density at radius 1 is 1.05 bits per heavy atom. The lowest BCUT2D eigenvalue weighted by Crippen LogP contribution is -2.38. The fraction of sp³-hybridized carbons (Fsp3) is 0.321. The zero-order valence-electron chi connectivity index (χ0n) is 20.4. The van der Waals surface area contributed by atoms with E-state index in [4.69, 9.17) is 25.5 Å². The Labute approximate surface area is 219 Å². The molecule has 2 amide bonds.